The molecule has 3 N–H and O–H groups in total. The van der Waals surface area contributed by atoms with E-state index >= 15 is 0 Å². The number of phenolic OH excluding ortho intramolecular Hbond substituents is 3. The first-order valence-corrected chi connectivity index (χ1v) is 5.38. The fraction of sp³-hybridized carbons (Fsp3) is 0. The molecule has 0 heterocycles. The van der Waals surface area contributed by atoms with Gasteiger partial charge in [-0.2, -0.15) is 0 Å². The van der Waals surface area contributed by atoms with Crippen molar-refractivity contribution in [3.63, 3.8) is 0 Å². The Morgan fingerprint density at radius 2 is 1.45 bits per heavy atom. The van der Waals surface area contributed by atoms with E-state index in [0.717, 1.165) is 12.1 Å². The molecule has 0 saturated heterocycles. The molecule has 8 heteroatoms. The highest BCUT2D eigenvalue weighted by Crippen LogP contribution is 2.34. The van der Waals surface area contributed by atoms with Crippen molar-refractivity contribution in [2.24, 2.45) is 10.2 Å². The molecule has 0 unspecified atom stereocenters. The molecule has 0 bridgehead atoms. The summed E-state index contributed by atoms with van der Waals surface area (Å²) in [5, 5.41) is 46.0. The lowest BCUT2D eigenvalue weighted by molar-refractivity contribution is -0.384. The standard InChI is InChI=1S/C12H9N3O5/c16-8-2-4-10(12(18)6-8)14-13-9-3-1-7(15(19)20)5-11(9)17/h1-6,16-18H/b14-13+. The number of aromatic hydroxyl groups is 3. The molecule has 0 aliphatic carbocycles. The van der Waals surface area contributed by atoms with E-state index in [1.54, 1.807) is 0 Å². The molecular formula is C12H9N3O5. The van der Waals surface area contributed by atoms with E-state index in [9.17, 15) is 20.3 Å². The second-order valence-corrected chi connectivity index (χ2v) is 3.80. The van der Waals surface area contributed by atoms with Crippen LogP contribution >= 0.6 is 0 Å². The Bertz CT molecular complexity index is 699. The van der Waals surface area contributed by atoms with E-state index in [2.05, 4.69) is 10.2 Å². The zero-order valence-corrected chi connectivity index (χ0v) is 9.96. The number of hydrogen-bond donors (Lipinski definition) is 3. The summed E-state index contributed by atoms with van der Waals surface area (Å²) < 4.78 is 0. The summed E-state index contributed by atoms with van der Waals surface area (Å²) in [6.07, 6.45) is 0. The molecule has 0 aliphatic heterocycles. The van der Waals surface area contributed by atoms with Crippen molar-refractivity contribution in [2.45, 2.75) is 0 Å². The first-order valence-electron chi connectivity index (χ1n) is 5.38. The third-order valence-corrected chi connectivity index (χ3v) is 2.39. The number of phenols is 3. The van der Waals surface area contributed by atoms with Gasteiger partial charge in [0.15, 0.2) is 0 Å². The molecule has 20 heavy (non-hydrogen) atoms. The fourth-order valence-electron chi connectivity index (χ4n) is 1.41. The number of nitro benzene ring substituents is 1. The summed E-state index contributed by atoms with van der Waals surface area (Å²) in [7, 11) is 0. The molecule has 0 fully saturated rings. The fourth-order valence-corrected chi connectivity index (χ4v) is 1.41. The molecule has 0 aliphatic rings. The van der Waals surface area contributed by atoms with E-state index in [0.29, 0.717) is 0 Å². The first-order chi connectivity index (χ1) is 9.47. The zero-order valence-electron chi connectivity index (χ0n) is 9.96. The second-order valence-electron chi connectivity index (χ2n) is 3.80. The number of non-ortho nitro benzene ring substituents is 1. The summed E-state index contributed by atoms with van der Waals surface area (Å²) in [5.74, 6) is -0.809. The predicted octanol–water partition coefficient (Wildman–Crippen LogP) is 3.13. The normalized spacial score (nSPS) is 10.8. The molecule has 8 nitrogen and oxygen atoms in total. The van der Waals surface area contributed by atoms with Crippen LogP contribution in [0.15, 0.2) is 46.6 Å². The van der Waals surface area contributed by atoms with Crippen LogP contribution in [-0.2, 0) is 0 Å². The van der Waals surface area contributed by atoms with E-state index in [1.165, 1.54) is 24.3 Å². The van der Waals surface area contributed by atoms with Gasteiger partial charge in [-0.25, -0.2) is 0 Å². The minimum absolute atomic E-state index is 0.0167. The van der Waals surface area contributed by atoms with Crippen LogP contribution in [0.3, 0.4) is 0 Å². The first kappa shape index (κ1) is 13.3. The molecule has 0 saturated carbocycles. The van der Waals surface area contributed by atoms with Crippen LogP contribution < -0.4 is 0 Å². The second kappa shape index (κ2) is 5.22. The van der Waals surface area contributed by atoms with Crippen molar-refractivity contribution < 1.29 is 20.2 Å². The van der Waals surface area contributed by atoms with Gasteiger partial charge in [0.25, 0.3) is 5.69 Å². The van der Waals surface area contributed by atoms with Gasteiger partial charge in [-0.05, 0) is 18.2 Å². The third kappa shape index (κ3) is 2.80. The van der Waals surface area contributed by atoms with Crippen molar-refractivity contribution in [1.82, 2.24) is 0 Å². The van der Waals surface area contributed by atoms with Gasteiger partial charge in [0.05, 0.1) is 11.0 Å². The van der Waals surface area contributed by atoms with E-state index in [4.69, 9.17) is 5.11 Å². The maximum Gasteiger partial charge on any atom is 0.273 e. The van der Waals surface area contributed by atoms with Gasteiger partial charge < -0.3 is 15.3 Å². The average molecular weight is 275 g/mol. The van der Waals surface area contributed by atoms with Gasteiger partial charge in [0.1, 0.15) is 28.6 Å². The predicted molar refractivity (Wildman–Crippen MR) is 68.7 cm³/mol. The Morgan fingerprint density at radius 1 is 0.900 bits per heavy atom. The molecule has 0 spiro atoms. The molecule has 0 atom stereocenters. The van der Waals surface area contributed by atoms with Crippen LogP contribution in [0.5, 0.6) is 17.2 Å². The maximum absolute atomic E-state index is 10.5. The molecule has 2 rings (SSSR count). The highest BCUT2D eigenvalue weighted by molar-refractivity contribution is 5.57. The van der Waals surface area contributed by atoms with E-state index in [1.807, 2.05) is 0 Å². The van der Waals surface area contributed by atoms with Gasteiger partial charge in [0.2, 0.25) is 0 Å². The third-order valence-electron chi connectivity index (χ3n) is 2.39. The zero-order chi connectivity index (χ0) is 14.7. The van der Waals surface area contributed by atoms with Gasteiger partial charge in [0, 0.05) is 12.1 Å². The molecule has 0 radical (unpaired) electrons. The molecule has 0 aromatic heterocycles. The Kier molecular flexibility index (Phi) is 3.47. The lowest BCUT2D eigenvalue weighted by atomic mass is 10.2. The topological polar surface area (TPSA) is 129 Å². The number of nitrogens with zero attached hydrogens (tertiary/aromatic N) is 3. The summed E-state index contributed by atoms with van der Waals surface area (Å²) in [4.78, 5) is 9.86. The largest absolute Gasteiger partial charge is 0.508 e. The Balaban J connectivity index is 2.29. The number of benzene rings is 2. The summed E-state index contributed by atoms with van der Waals surface area (Å²) in [6.45, 7) is 0. The number of nitro groups is 1. The van der Waals surface area contributed by atoms with E-state index < -0.39 is 10.7 Å². The monoisotopic (exact) mass is 275 g/mol. The lowest BCUT2D eigenvalue weighted by Gasteiger charge is -1.99. The van der Waals surface area contributed by atoms with Crippen LogP contribution in [0, 0.1) is 10.1 Å². The SMILES string of the molecule is O=[N+]([O-])c1ccc(/N=N/c2ccc(O)cc2O)c(O)c1. The van der Waals surface area contributed by atoms with Crippen molar-refractivity contribution in [3.05, 3.63) is 46.5 Å². The van der Waals surface area contributed by atoms with Crippen molar-refractivity contribution in [1.29, 1.82) is 0 Å². The van der Waals surface area contributed by atoms with Gasteiger partial charge in [-0.15, -0.1) is 10.2 Å². The van der Waals surface area contributed by atoms with Gasteiger partial charge in [-0.3, -0.25) is 10.1 Å². The molecule has 2 aromatic rings. The van der Waals surface area contributed by atoms with Gasteiger partial charge in [-0.1, -0.05) is 0 Å². The molecule has 0 amide bonds. The van der Waals surface area contributed by atoms with Crippen molar-refractivity contribution in [2.75, 3.05) is 0 Å². The summed E-state index contributed by atoms with van der Waals surface area (Å²) in [5.41, 5.74) is -0.169. The highest BCUT2D eigenvalue weighted by Gasteiger charge is 2.09. The van der Waals surface area contributed by atoms with Crippen molar-refractivity contribution >= 4 is 17.1 Å². The quantitative estimate of drug-likeness (QED) is 0.450. The summed E-state index contributed by atoms with van der Waals surface area (Å²) in [6, 6.07) is 7.08. The van der Waals surface area contributed by atoms with Crippen LogP contribution in [-0.4, -0.2) is 20.2 Å². The Morgan fingerprint density at radius 3 is 1.95 bits per heavy atom. The Hall–Kier alpha value is -3.16. The minimum atomic E-state index is -0.646. The highest BCUT2D eigenvalue weighted by atomic mass is 16.6. The number of azo groups is 1. The molecule has 102 valence electrons. The number of hydrogen-bond acceptors (Lipinski definition) is 7. The maximum atomic E-state index is 10.5. The minimum Gasteiger partial charge on any atom is -0.508 e. The molecule has 2 aromatic carbocycles. The average Bonchev–Trinajstić information content (AvgIpc) is 2.38. The van der Waals surface area contributed by atoms with Gasteiger partial charge >= 0.3 is 0 Å². The van der Waals surface area contributed by atoms with Crippen LogP contribution in [0.2, 0.25) is 0 Å². The van der Waals surface area contributed by atoms with Crippen LogP contribution in [0.1, 0.15) is 0 Å². The Labute approximate surface area is 112 Å². The van der Waals surface area contributed by atoms with Crippen molar-refractivity contribution in [3.8, 4) is 17.2 Å². The van der Waals surface area contributed by atoms with E-state index in [-0.39, 0.29) is 28.6 Å². The lowest BCUT2D eigenvalue weighted by Crippen LogP contribution is -1.86. The smallest absolute Gasteiger partial charge is 0.273 e. The molecular weight excluding hydrogens is 266 g/mol. The number of rotatable bonds is 3. The van der Waals surface area contributed by atoms with Crippen LogP contribution in [0.4, 0.5) is 17.1 Å². The van der Waals surface area contributed by atoms with Crippen LogP contribution in [0.25, 0.3) is 0 Å². The summed E-state index contributed by atoms with van der Waals surface area (Å²) >= 11 is 0.